The molecular formula is C23H27N3O3. The minimum Gasteiger partial charge on any atom is -0.481 e. The van der Waals surface area contributed by atoms with Crippen LogP contribution in [-0.4, -0.2) is 40.0 Å². The van der Waals surface area contributed by atoms with E-state index in [1.165, 1.54) is 16.7 Å². The van der Waals surface area contributed by atoms with Gasteiger partial charge in [-0.15, -0.1) is 0 Å². The van der Waals surface area contributed by atoms with Gasteiger partial charge >= 0.3 is 5.97 Å². The molecule has 2 N–H and O–H groups in total. The fourth-order valence-electron chi connectivity index (χ4n) is 4.87. The largest absolute Gasteiger partial charge is 0.481 e. The maximum absolute atomic E-state index is 12.3. The number of carbonyl (C=O) groups is 2. The molecule has 1 aromatic heterocycles. The summed E-state index contributed by atoms with van der Waals surface area (Å²) in [7, 11) is 0. The summed E-state index contributed by atoms with van der Waals surface area (Å²) in [4.78, 5) is 29.6. The molecule has 4 rings (SSSR count). The van der Waals surface area contributed by atoms with E-state index in [1.807, 2.05) is 18.5 Å². The number of amides is 1. The van der Waals surface area contributed by atoms with Gasteiger partial charge in [0, 0.05) is 30.8 Å². The average molecular weight is 393 g/mol. The zero-order valence-corrected chi connectivity index (χ0v) is 16.5. The van der Waals surface area contributed by atoms with Crippen LogP contribution in [0.2, 0.25) is 0 Å². The normalized spacial score (nSPS) is 20.3. The van der Waals surface area contributed by atoms with Crippen LogP contribution in [0.5, 0.6) is 0 Å². The molecule has 0 saturated carbocycles. The molecule has 0 radical (unpaired) electrons. The van der Waals surface area contributed by atoms with E-state index in [1.54, 1.807) is 0 Å². The van der Waals surface area contributed by atoms with E-state index in [9.17, 15) is 9.59 Å². The molecule has 1 amide bonds. The third-order valence-electron chi connectivity index (χ3n) is 6.37. The predicted molar refractivity (Wildman–Crippen MR) is 109 cm³/mol. The summed E-state index contributed by atoms with van der Waals surface area (Å²) in [6, 6.07) is 12.5. The Balaban J connectivity index is 1.43. The second-order valence-electron chi connectivity index (χ2n) is 8.22. The molecule has 6 nitrogen and oxygen atoms in total. The summed E-state index contributed by atoms with van der Waals surface area (Å²) < 4.78 is 0. The Morgan fingerprint density at radius 3 is 2.55 bits per heavy atom. The lowest BCUT2D eigenvalue weighted by molar-refractivity contribution is -0.138. The number of benzene rings is 1. The summed E-state index contributed by atoms with van der Waals surface area (Å²) >= 11 is 0. The second-order valence-corrected chi connectivity index (χ2v) is 8.22. The number of aliphatic carboxylic acids is 1. The van der Waals surface area contributed by atoms with Crippen LogP contribution in [0.15, 0.2) is 48.8 Å². The first kappa shape index (κ1) is 19.6. The highest BCUT2D eigenvalue weighted by Gasteiger charge is 2.45. The molecule has 6 heteroatoms. The first-order chi connectivity index (χ1) is 14.1. The number of aromatic nitrogens is 1. The lowest BCUT2D eigenvalue weighted by Gasteiger charge is -2.40. The van der Waals surface area contributed by atoms with Crippen molar-refractivity contribution in [2.24, 2.45) is 0 Å². The number of hydrogen-bond donors (Lipinski definition) is 2. The first-order valence-corrected chi connectivity index (χ1v) is 10.3. The molecule has 2 heterocycles. The zero-order valence-electron chi connectivity index (χ0n) is 16.5. The van der Waals surface area contributed by atoms with Crippen molar-refractivity contribution < 1.29 is 14.7 Å². The second kappa shape index (κ2) is 8.33. The fourth-order valence-corrected chi connectivity index (χ4v) is 4.87. The molecule has 2 aromatic rings. The summed E-state index contributed by atoms with van der Waals surface area (Å²) in [5.74, 6) is -1.12. The van der Waals surface area contributed by atoms with Crippen LogP contribution >= 0.6 is 0 Å². The van der Waals surface area contributed by atoms with E-state index < -0.39 is 5.97 Å². The first-order valence-electron chi connectivity index (χ1n) is 10.3. The van der Waals surface area contributed by atoms with Gasteiger partial charge in [0.15, 0.2) is 0 Å². The van der Waals surface area contributed by atoms with Crippen molar-refractivity contribution in [1.82, 2.24) is 15.2 Å². The van der Waals surface area contributed by atoms with Gasteiger partial charge in [-0.25, -0.2) is 0 Å². The minimum absolute atomic E-state index is 0.0285. The third kappa shape index (κ3) is 4.32. The van der Waals surface area contributed by atoms with E-state index in [4.69, 9.17) is 5.11 Å². The van der Waals surface area contributed by atoms with E-state index in [0.717, 1.165) is 38.9 Å². The van der Waals surface area contributed by atoms with Crippen LogP contribution in [0, 0.1) is 0 Å². The van der Waals surface area contributed by atoms with Gasteiger partial charge in [0.25, 0.3) is 0 Å². The molecule has 1 unspecified atom stereocenters. The van der Waals surface area contributed by atoms with Crippen molar-refractivity contribution >= 4 is 11.9 Å². The maximum atomic E-state index is 12.3. The maximum Gasteiger partial charge on any atom is 0.303 e. The van der Waals surface area contributed by atoms with Crippen molar-refractivity contribution in [1.29, 1.82) is 0 Å². The summed E-state index contributed by atoms with van der Waals surface area (Å²) in [6.45, 7) is 2.99. The van der Waals surface area contributed by atoms with E-state index in [-0.39, 0.29) is 30.2 Å². The van der Waals surface area contributed by atoms with Gasteiger partial charge in [0.1, 0.15) is 0 Å². The number of nitrogens with zero attached hydrogens (tertiary/aromatic N) is 2. The monoisotopic (exact) mass is 393 g/mol. The van der Waals surface area contributed by atoms with Crippen LogP contribution in [0.25, 0.3) is 0 Å². The van der Waals surface area contributed by atoms with Crippen molar-refractivity contribution in [2.45, 2.75) is 50.1 Å². The number of hydrogen-bond acceptors (Lipinski definition) is 4. The Labute approximate surface area is 171 Å². The molecule has 152 valence electrons. The van der Waals surface area contributed by atoms with E-state index >= 15 is 0 Å². The van der Waals surface area contributed by atoms with E-state index in [2.05, 4.69) is 45.5 Å². The zero-order chi connectivity index (χ0) is 20.3. The summed E-state index contributed by atoms with van der Waals surface area (Å²) in [6.07, 6.45) is 6.61. The van der Waals surface area contributed by atoms with Gasteiger partial charge in [0.05, 0.1) is 12.5 Å². The number of piperidine rings is 1. The van der Waals surface area contributed by atoms with Crippen LogP contribution < -0.4 is 5.32 Å². The SMILES string of the molecule is O=C(O)CCC(=O)NC1CC2(CCN(Cc3ccncc3)CC2)c2ccccc21. The van der Waals surface area contributed by atoms with Gasteiger partial charge in [-0.1, -0.05) is 24.3 Å². The van der Waals surface area contributed by atoms with Crippen LogP contribution in [-0.2, 0) is 21.5 Å². The Bertz CT molecular complexity index is 876. The Kier molecular flexibility index (Phi) is 5.62. The molecule has 0 bridgehead atoms. The number of fused-ring (bicyclic) bond motifs is 2. The third-order valence-corrected chi connectivity index (χ3v) is 6.37. The van der Waals surface area contributed by atoms with Crippen molar-refractivity contribution in [3.05, 3.63) is 65.5 Å². The number of pyridine rings is 1. The van der Waals surface area contributed by atoms with Gasteiger partial charge < -0.3 is 10.4 Å². The number of carboxylic acid groups (broad SMARTS) is 1. The molecule has 1 aliphatic carbocycles. The van der Waals surface area contributed by atoms with E-state index in [0.29, 0.717) is 0 Å². The number of likely N-dealkylation sites (tertiary alicyclic amines) is 1. The minimum atomic E-state index is -0.940. The van der Waals surface area contributed by atoms with Gasteiger partial charge in [-0.3, -0.25) is 19.5 Å². The van der Waals surface area contributed by atoms with Crippen molar-refractivity contribution in [3.8, 4) is 0 Å². The molecule has 1 aliphatic heterocycles. The number of nitrogens with one attached hydrogen (secondary N) is 1. The molecule has 29 heavy (non-hydrogen) atoms. The molecule has 2 aliphatic rings. The van der Waals surface area contributed by atoms with Gasteiger partial charge in [-0.2, -0.15) is 0 Å². The number of carboxylic acids is 1. The lowest BCUT2D eigenvalue weighted by Crippen LogP contribution is -2.41. The summed E-state index contributed by atoms with van der Waals surface area (Å²) in [5, 5.41) is 11.9. The van der Waals surface area contributed by atoms with Crippen molar-refractivity contribution in [2.75, 3.05) is 13.1 Å². The number of carbonyl (C=O) groups excluding carboxylic acids is 1. The van der Waals surface area contributed by atoms with Crippen LogP contribution in [0.1, 0.15) is 54.8 Å². The van der Waals surface area contributed by atoms with Gasteiger partial charge in [0.2, 0.25) is 5.91 Å². The smallest absolute Gasteiger partial charge is 0.303 e. The molecule has 1 atom stereocenters. The standard InChI is InChI=1S/C23H27N3O3/c27-21(5-6-22(28)29)25-20-15-23(19-4-2-1-3-18(19)20)9-13-26(14-10-23)16-17-7-11-24-12-8-17/h1-4,7-8,11-12,20H,5-6,9-10,13-16H2,(H,25,27)(H,28,29). The van der Waals surface area contributed by atoms with Crippen LogP contribution in [0.4, 0.5) is 0 Å². The predicted octanol–water partition coefficient (Wildman–Crippen LogP) is 3.04. The van der Waals surface area contributed by atoms with Crippen molar-refractivity contribution in [3.63, 3.8) is 0 Å². The Morgan fingerprint density at radius 1 is 1.10 bits per heavy atom. The average Bonchev–Trinajstić information content (AvgIpc) is 3.02. The quantitative estimate of drug-likeness (QED) is 0.788. The topological polar surface area (TPSA) is 82.5 Å². The highest BCUT2D eigenvalue weighted by molar-refractivity contribution is 5.81. The highest BCUT2D eigenvalue weighted by Crippen LogP contribution is 2.50. The Morgan fingerprint density at radius 2 is 1.83 bits per heavy atom. The molecular weight excluding hydrogens is 366 g/mol. The molecule has 1 spiro atoms. The lowest BCUT2D eigenvalue weighted by atomic mass is 9.73. The van der Waals surface area contributed by atoms with Crippen LogP contribution in [0.3, 0.4) is 0 Å². The molecule has 1 fully saturated rings. The highest BCUT2D eigenvalue weighted by atomic mass is 16.4. The molecule has 1 saturated heterocycles. The molecule has 1 aromatic carbocycles. The Hall–Kier alpha value is -2.73. The number of rotatable bonds is 6. The summed E-state index contributed by atoms with van der Waals surface area (Å²) in [5.41, 5.74) is 3.92. The van der Waals surface area contributed by atoms with Gasteiger partial charge in [-0.05, 0) is 61.2 Å². The fraction of sp³-hybridized carbons (Fsp3) is 0.435.